The van der Waals surface area contributed by atoms with Crippen molar-refractivity contribution in [2.75, 3.05) is 18.4 Å². The van der Waals surface area contributed by atoms with Crippen LogP contribution in [0, 0.1) is 0 Å². The largest absolute Gasteiger partial charge is 0.354 e. The quantitative estimate of drug-likeness (QED) is 0.707. The Morgan fingerprint density at radius 2 is 2.10 bits per heavy atom. The lowest BCUT2D eigenvalue weighted by Gasteiger charge is -2.15. The minimum Gasteiger partial charge on any atom is -0.354 e. The van der Waals surface area contributed by atoms with Crippen LogP contribution in [0.3, 0.4) is 0 Å². The smallest absolute Gasteiger partial charge is 0.332 e. The van der Waals surface area contributed by atoms with Crippen LogP contribution in [-0.2, 0) is 6.54 Å². The molecular weight excluding hydrogens is 272 g/mol. The maximum atomic E-state index is 12.5. The molecular formula is C13H22N6O2. The number of fused-ring (bicyclic) bond motifs is 1. The van der Waals surface area contributed by atoms with E-state index in [1.165, 1.54) is 4.57 Å². The molecule has 1 atom stereocenters. The summed E-state index contributed by atoms with van der Waals surface area (Å²) in [6.07, 6.45) is 0.773. The van der Waals surface area contributed by atoms with Crippen molar-refractivity contribution in [1.29, 1.82) is 0 Å². The van der Waals surface area contributed by atoms with E-state index in [-0.39, 0.29) is 17.3 Å². The molecule has 0 bridgehead atoms. The number of aromatic amines is 1. The fourth-order valence-corrected chi connectivity index (χ4v) is 2.26. The molecule has 8 nitrogen and oxygen atoms in total. The Morgan fingerprint density at radius 3 is 2.67 bits per heavy atom. The number of nitrogens with two attached hydrogens (primary N) is 1. The summed E-state index contributed by atoms with van der Waals surface area (Å²) in [6, 6.07) is -0.0379. The van der Waals surface area contributed by atoms with Crippen LogP contribution in [0.15, 0.2) is 9.59 Å². The van der Waals surface area contributed by atoms with Gasteiger partial charge in [0.15, 0.2) is 11.2 Å². The molecule has 0 aliphatic carbocycles. The van der Waals surface area contributed by atoms with Gasteiger partial charge in [0, 0.05) is 25.7 Å². The van der Waals surface area contributed by atoms with Crippen LogP contribution >= 0.6 is 0 Å². The molecule has 4 N–H and O–H groups in total. The summed E-state index contributed by atoms with van der Waals surface area (Å²) in [7, 11) is 0. The first kappa shape index (κ1) is 15.3. The summed E-state index contributed by atoms with van der Waals surface area (Å²) in [5.74, 6) is 0.456. The monoisotopic (exact) mass is 294 g/mol. The standard InChI is InChI=1S/C13H22N6O2/c1-4-8(3)19-10-9(11(20)18(5-2)13(19)21)16-12(17-10)15-7-6-14/h8H,4-7,14H2,1-3H3,(H2,15,16,17). The molecule has 116 valence electrons. The molecule has 0 saturated carbocycles. The van der Waals surface area contributed by atoms with Gasteiger partial charge in [0.25, 0.3) is 5.56 Å². The molecule has 2 aromatic heterocycles. The third-order valence-corrected chi connectivity index (χ3v) is 3.59. The van der Waals surface area contributed by atoms with Gasteiger partial charge in [0.2, 0.25) is 5.95 Å². The van der Waals surface area contributed by atoms with Crippen LogP contribution in [0.25, 0.3) is 11.2 Å². The zero-order valence-electron chi connectivity index (χ0n) is 12.6. The van der Waals surface area contributed by atoms with E-state index in [9.17, 15) is 9.59 Å². The van der Waals surface area contributed by atoms with Gasteiger partial charge in [-0.2, -0.15) is 4.98 Å². The van der Waals surface area contributed by atoms with Crippen molar-refractivity contribution in [1.82, 2.24) is 19.1 Å². The van der Waals surface area contributed by atoms with Crippen LogP contribution in [-0.4, -0.2) is 32.2 Å². The van der Waals surface area contributed by atoms with Gasteiger partial charge >= 0.3 is 5.69 Å². The van der Waals surface area contributed by atoms with Crippen molar-refractivity contribution < 1.29 is 0 Å². The van der Waals surface area contributed by atoms with Gasteiger partial charge in [0.05, 0.1) is 0 Å². The average molecular weight is 294 g/mol. The molecule has 0 radical (unpaired) electrons. The van der Waals surface area contributed by atoms with E-state index in [4.69, 9.17) is 5.73 Å². The Bertz CT molecular complexity index is 741. The van der Waals surface area contributed by atoms with Gasteiger partial charge in [-0.05, 0) is 20.3 Å². The zero-order valence-corrected chi connectivity index (χ0v) is 12.6. The van der Waals surface area contributed by atoms with Crippen LogP contribution in [0.1, 0.15) is 33.2 Å². The second kappa shape index (κ2) is 6.13. The highest BCUT2D eigenvalue weighted by molar-refractivity contribution is 5.72. The second-order valence-electron chi connectivity index (χ2n) is 4.96. The molecule has 1 unspecified atom stereocenters. The van der Waals surface area contributed by atoms with Gasteiger partial charge in [-0.1, -0.05) is 6.92 Å². The number of aromatic nitrogens is 4. The highest BCUT2D eigenvalue weighted by atomic mass is 16.2. The minimum absolute atomic E-state index is 0.0379. The van der Waals surface area contributed by atoms with Crippen molar-refractivity contribution in [3.63, 3.8) is 0 Å². The van der Waals surface area contributed by atoms with Gasteiger partial charge in [-0.25, -0.2) is 4.79 Å². The Morgan fingerprint density at radius 1 is 1.38 bits per heavy atom. The molecule has 21 heavy (non-hydrogen) atoms. The summed E-state index contributed by atoms with van der Waals surface area (Å²) in [4.78, 5) is 32.1. The number of hydrogen-bond acceptors (Lipinski definition) is 5. The SMILES string of the molecule is CCC(C)n1c(=O)n(CC)c(=O)c2[nH]c(NCCN)nc21. The molecule has 0 aliphatic heterocycles. The summed E-state index contributed by atoms with van der Waals surface area (Å²) in [6.45, 7) is 7.02. The van der Waals surface area contributed by atoms with E-state index in [1.54, 1.807) is 11.5 Å². The maximum Gasteiger partial charge on any atom is 0.332 e. The van der Waals surface area contributed by atoms with E-state index in [1.807, 2.05) is 13.8 Å². The van der Waals surface area contributed by atoms with Crippen LogP contribution in [0.2, 0.25) is 0 Å². The lowest BCUT2D eigenvalue weighted by Crippen LogP contribution is -2.40. The molecule has 0 spiro atoms. The van der Waals surface area contributed by atoms with Crippen LogP contribution in [0.5, 0.6) is 0 Å². The molecule has 0 aliphatic rings. The molecule has 8 heteroatoms. The summed E-state index contributed by atoms with van der Waals surface area (Å²) in [5, 5.41) is 3.00. The molecule has 0 aromatic carbocycles. The fourth-order valence-electron chi connectivity index (χ4n) is 2.26. The molecule has 2 rings (SSSR count). The van der Waals surface area contributed by atoms with E-state index in [0.717, 1.165) is 6.42 Å². The van der Waals surface area contributed by atoms with E-state index < -0.39 is 0 Å². The Labute approximate surface area is 122 Å². The number of hydrogen-bond donors (Lipinski definition) is 3. The van der Waals surface area contributed by atoms with Crippen LogP contribution in [0.4, 0.5) is 5.95 Å². The number of nitrogens with one attached hydrogen (secondary N) is 2. The second-order valence-corrected chi connectivity index (χ2v) is 4.96. The average Bonchev–Trinajstić information content (AvgIpc) is 2.89. The van der Waals surface area contributed by atoms with Gasteiger partial charge in [-0.15, -0.1) is 0 Å². The van der Waals surface area contributed by atoms with E-state index in [2.05, 4.69) is 15.3 Å². The number of H-pyrrole nitrogens is 1. The summed E-state index contributed by atoms with van der Waals surface area (Å²) in [5.41, 5.74) is 5.52. The maximum absolute atomic E-state index is 12.5. The van der Waals surface area contributed by atoms with Crippen molar-refractivity contribution in [2.45, 2.75) is 39.8 Å². The highest BCUT2D eigenvalue weighted by Gasteiger charge is 2.19. The van der Waals surface area contributed by atoms with E-state index in [0.29, 0.717) is 36.7 Å². The summed E-state index contributed by atoms with van der Waals surface area (Å²) < 4.78 is 2.80. The third-order valence-electron chi connectivity index (χ3n) is 3.59. The van der Waals surface area contributed by atoms with Crippen molar-refractivity contribution in [3.05, 3.63) is 20.8 Å². The molecule has 0 fully saturated rings. The first-order valence-electron chi connectivity index (χ1n) is 7.24. The highest BCUT2D eigenvalue weighted by Crippen LogP contribution is 2.15. The van der Waals surface area contributed by atoms with Gasteiger partial charge < -0.3 is 16.0 Å². The van der Waals surface area contributed by atoms with Gasteiger partial charge in [0.1, 0.15) is 0 Å². The van der Waals surface area contributed by atoms with Crippen molar-refractivity contribution in [2.24, 2.45) is 5.73 Å². The Kier molecular flexibility index (Phi) is 4.46. The predicted octanol–water partition coefficient (Wildman–Crippen LogP) is 0.248. The topological polar surface area (TPSA) is 111 Å². The Balaban J connectivity index is 2.76. The van der Waals surface area contributed by atoms with Crippen LogP contribution < -0.4 is 22.3 Å². The predicted molar refractivity (Wildman–Crippen MR) is 82.8 cm³/mol. The number of anilines is 1. The Hall–Kier alpha value is -2.09. The van der Waals surface area contributed by atoms with Crippen molar-refractivity contribution in [3.8, 4) is 0 Å². The zero-order chi connectivity index (χ0) is 15.6. The first-order chi connectivity index (χ1) is 10.0. The fraction of sp³-hybridized carbons (Fsp3) is 0.615. The molecule has 2 aromatic rings. The minimum atomic E-state index is -0.342. The van der Waals surface area contributed by atoms with E-state index >= 15 is 0 Å². The molecule has 2 heterocycles. The number of rotatable bonds is 6. The summed E-state index contributed by atoms with van der Waals surface area (Å²) >= 11 is 0. The molecule has 0 saturated heterocycles. The van der Waals surface area contributed by atoms with Crippen molar-refractivity contribution >= 4 is 17.1 Å². The molecule has 0 amide bonds. The number of nitrogens with zero attached hydrogens (tertiary/aromatic N) is 3. The number of imidazole rings is 1. The first-order valence-corrected chi connectivity index (χ1v) is 7.24. The van der Waals surface area contributed by atoms with Gasteiger partial charge in [-0.3, -0.25) is 13.9 Å². The lowest BCUT2D eigenvalue weighted by atomic mass is 10.2. The third kappa shape index (κ3) is 2.58. The normalized spacial score (nSPS) is 12.8. The lowest BCUT2D eigenvalue weighted by molar-refractivity contribution is 0.489.